The Morgan fingerprint density at radius 1 is 1.17 bits per heavy atom. The van der Waals surface area contributed by atoms with Gasteiger partial charge in [0.15, 0.2) is 0 Å². The zero-order chi connectivity index (χ0) is 21.3. The average Bonchev–Trinajstić information content (AvgIpc) is 3.52. The van der Waals surface area contributed by atoms with E-state index in [0.29, 0.717) is 32.6 Å². The molecule has 2 aliphatic rings. The van der Waals surface area contributed by atoms with Gasteiger partial charge in [0.1, 0.15) is 5.56 Å². The molecule has 0 radical (unpaired) electrons. The highest BCUT2D eigenvalue weighted by Crippen LogP contribution is 2.23. The Morgan fingerprint density at radius 3 is 2.57 bits per heavy atom. The Kier molecular flexibility index (Phi) is 5.72. The molecule has 4 rings (SSSR count). The van der Waals surface area contributed by atoms with Crippen molar-refractivity contribution in [2.24, 2.45) is 0 Å². The fraction of sp³-hybridized carbons (Fsp3) is 0.435. The molecule has 1 aliphatic carbocycles. The van der Waals surface area contributed by atoms with E-state index in [1.54, 1.807) is 4.57 Å². The summed E-state index contributed by atoms with van der Waals surface area (Å²) in [5, 5.41) is 2.97. The summed E-state index contributed by atoms with van der Waals surface area (Å²) >= 11 is 0. The summed E-state index contributed by atoms with van der Waals surface area (Å²) in [5.41, 5.74) is 2.64. The zero-order valence-corrected chi connectivity index (χ0v) is 17.6. The first-order chi connectivity index (χ1) is 14.4. The molecule has 1 saturated carbocycles. The van der Waals surface area contributed by atoms with Crippen molar-refractivity contribution in [1.82, 2.24) is 19.7 Å². The minimum atomic E-state index is -0.283. The quantitative estimate of drug-likeness (QED) is 0.780. The molecule has 0 bridgehead atoms. The fourth-order valence-corrected chi connectivity index (χ4v) is 3.91. The summed E-state index contributed by atoms with van der Waals surface area (Å²) in [6.45, 7) is 1.67. The molecule has 0 unspecified atom stereocenters. The van der Waals surface area contributed by atoms with Crippen LogP contribution in [0.25, 0.3) is 0 Å². The van der Waals surface area contributed by atoms with Crippen molar-refractivity contribution in [3.8, 4) is 0 Å². The summed E-state index contributed by atoms with van der Waals surface area (Å²) in [4.78, 5) is 42.4. The van der Waals surface area contributed by atoms with Gasteiger partial charge in [0.05, 0.1) is 13.1 Å². The molecule has 0 spiro atoms. The molecule has 2 aromatic rings. The molecule has 0 saturated heterocycles. The molecule has 2 amide bonds. The summed E-state index contributed by atoms with van der Waals surface area (Å²) in [7, 11) is 3.74. The first kappa shape index (κ1) is 20.3. The van der Waals surface area contributed by atoms with Crippen molar-refractivity contribution in [3.63, 3.8) is 0 Å². The Morgan fingerprint density at radius 2 is 1.90 bits per heavy atom. The van der Waals surface area contributed by atoms with E-state index in [9.17, 15) is 14.4 Å². The lowest BCUT2D eigenvalue weighted by Crippen LogP contribution is -2.44. The van der Waals surface area contributed by atoms with Gasteiger partial charge < -0.3 is 19.7 Å². The standard InChI is InChI=1S/C23H28N4O3/c1-25(2)15-20(28)26-11-10-19-17(13-26)14-27(12-16-6-4-3-5-7-16)23(30)21(19)22(29)24-18-8-9-18/h3-7,14,18H,8-13,15H2,1-2H3,(H,24,29). The third-order valence-electron chi connectivity index (χ3n) is 5.61. The number of hydrogen-bond donors (Lipinski definition) is 1. The topological polar surface area (TPSA) is 74.7 Å². The maximum absolute atomic E-state index is 13.3. The highest BCUT2D eigenvalue weighted by Gasteiger charge is 2.31. The van der Waals surface area contributed by atoms with Crippen molar-refractivity contribution < 1.29 is 9.59 Å². The number of amides is 2. The number of carbonyl (C=O) groups excluding carboxylic acids is 2. The number of rotatable bonds is 6. The number of carbonyl (C=O) groups is 2. The summed E-state index contributed by atoms with van der Waals surface area (Å²) in [5.74, 6) is -0.232. The van der Waals surface area contributed by atoms with Crippen LogP contribution in [0, 0.1) is 0 Å². The monoisotopic (exact) mass is 408 g/mol. The summed E-state index contributed by atoms with van der Waals surface area (Å²) < 4.78 is 1.61. The molecular formula is C23H28N4O3. The minimum Gasteiger partial charge on any atom is -0.349 e. The third kappa shape index (κ3) is 4.46. The van der Waals surface area contributed by atoms with Gasteiger partial charge in [0.25, 0.3) is 11.5 Å². The minimum absolute atomic E-state index is 0.0513. The number of likely N-dealkylation sites (N-methyl/N-ethyl adjacent to an activating group) is 1. The number of fused-ring (bicyclic) bond motifs is 1. The molecule has 1 N–H and O–H groups in total. The predicted molar refractivity (Wildman–Crippen MR) is 114 cm³/mol. The van der Waals surface area contributed by atoms with E-state index in [-0.39, 0.29) is 29.0 Å². The Bertz CT molecular complexity index is 1010. The fourth-order valence-electron chi connectivity index (χ4n) is 3.91. The number of nitrogens with zero attached hydrogens (tertiary/aromatic N) is 3. The van der Waals surface area contributed by atoms with Crippen molar-refractivity contribution in [3.05, 3.63) is 69.1 Å². The van der Waals surface area contributed by atoms with Gasteiger partial charge in [-0.3, -0.25) is 14.4 Å². The van der Waals surface area contributed by atoms with E-state index in [1.165, 1.54) is 0 Å². The lowest BCUT2D eigenvalue weighted by atomic mass is 9.95. The van der Waals surface area contributed by atoms with Crippen molar-refractivity contribution in [1.29, 1.82) is 0 Å². The molecule has 158 valence electrons. The molecule has 1 aromatic carbocycles. The molecule has 1 fully saturated rings. The van der Waals surface area contributed by atoms with Gasteiger partial charge in [-0.1, -0.05) is 30.3 Å². The highest BCUT2D eigenvalue weighted by atomic mass is 16.2. The van der Waals surface area contributed by atoms with E-state index < -0.39 is 0 Å². The van der Waals surface area contributed by atoms with Crippen LogP contribution < -0.4 is 10.9 Å². The molecule has 7 heteroatoms. The molecule has 2 heterocycles. The van der Waals surface area contributed by atoms with Crippen LogP contribution in [0.1, 0.15) is 39.9 Å². The number of pyridine rings is 1. The van der Waals surface area contributed by atoms with Crippen molar-refractivity contribution >= 4 is 11.8 Å². The molecule has 0 atom stereocenters. The maximum atomic E-state index is 13.3. The van der Waals surface area contributed by atoms with Crippen molar-refractivity contribution in [2.75, 3.05) is 27.2 Å². The van der Waals surface area contributed by atoms with E-state index in [2.05, 4.69) is 5.32 Å². The Balaban J connectivity index is 1.70. The predicted octanol–water partition coefficient (Wildman–Crippen LogP) is 1.24. The van der Waals surface area contributed by atoms with E-state index in [4.69, 9.17) is 0 Å². The van der Waals surface area contributed by atoms with Crippen LogP contribution in [-0.2, 0) is 24.3 Å². The SMILES string of the molecule is CN(C)CC(=O)N1CCc2c(cn(Cc3ccccc3)c(=O)c2C(=O)NC2CC2)C1. The molecule has 1 aromatic heterocycles. The Hall–Kier alpha value is -2.93. The summed E-state index contributed by atoms with van der Waals surface area (Å²) in [6.07, 6.45) is 4.27. The molecule has 7 nitrogen and oxygen atoms in total. The van der Waals surface area contributed by atoms with Gasteiger partial charge in [-0.25, -0.2) is 0 Å². The van der Waals surface area contributed by atoms with Crippen LogP contribution in [0.15, 0.2) is 41.3 Å². The second kappa shape index (κ2) is 8.44. The van der Waals surface area contributed by atoms with Gasteiger partial charge >= 0.3 is 0 Å². The summed E-state index contributed by atoms with van der Waals surface area (Å²) in [6, 6.07) is 9.90. The normalized spacial score (nSPS) is 15.8. The lowest BCUT2D eigenvalue weighted by Gasteiger charge is -2.31. The largest absolute Gasteiger partial charge is 0.349 e. The molecular weight excluding hydrogens is 380 g/mol. The van der Waals surface area contributed by atoms with Gasteiger partial charge in [-0.15, -0.1) is 0 Å². The zero-order valence-electron chi connectivity index (χ0n) is 17.6. The van der Waals surface area contributed by atoms with Gasteiger partial charge in [-0.05, 0) is 50.0 Å². The van der Waals surface area contributed by atoms with Crippen LogP contribution in [0.4, 0.5) is 0 Å². The number of hydrogen-bond acceptors (Lipinski definition) is 4. The van der Waals surface area contributed by atoms with Gasteiger partial charge in [0, 0.05) is 25.3 Å². The number of benzene rings is 1. The number of aromatic nitrogens is 1. The van der Waals surface area contributed by atoms with Crippen LogP contribution >= 0.6 is 0 Å². The Labute approximate surface area is 176 Å². The van der Waals surface area contributed by atoms with Crippen molar-refractivity contribution in [2.45, 2.75) is 38.4 Å². The highest BCUT2D eigenvalue weighted by molar-refractivity contribution is 5.96. The second-order valence-corrected chi connectivity index (χ2v) is 8.48. The van der Waals surface area contributed by atoms with Gasteiger partial charge in [0.2, 0.25) is 5.91 Å². The first-order valence-corrected chi connectivity index (χ1v) is 10.4. The van der Waals surface area contributed by atoms with Crippen LogP contribution in [0.2, 0.25) is 0 Å². The molecule has 1 aliphatic heterocycles. The third-order valence-corrected chi connectivity index (χ3v) is 5.61. The smallest absolute Gasteiger partial charge is 0.264 e. The lowest BCUT2D eigenvalue weighted by molar-refractivity contribution is -0.132. The van der Waals surface area contributed by atoms with Crippen LogP contribution in [-0.4, -0.2) is 59.4 Å². The van der Waals surface area contributed by atoms with E-state index in [0.717, 1.165) is 29.5 Å². The van der Waals surface area contributed by atoms with E-state index >= 15 is 0 Å². The van der Waals surface area contributed by atoms with Crippen LogP contribution in [0.5, 0.6) is 0 Å². The molecule has 30 heavy (non-hydrogen) atoms. The van der Waals surface area contributed by atoms with E-state index in [1.807, 2.05) is 60.4 Å². The maximum Gasteiger partial charge on any atom is 0.264 e. The van der Waals surface area contributed by atoms with Crippen LogP contribution in [0.3, 0.4) is 0 Å². The number of nitrogens with one attached hydrogen (secondary N) is 1. The van der Waals surface area contributed by atoms with Gasteiger partial charge in [-0.2, -0.15) is 0 Å². The second-order valence-electron chi connectivity index (χ2n) is 8.48. The first-order valence-electron chi connectivity index (χ1n) is 10.4. The average molecular weight is 409 g/mol.